The molecule has 3 aliphatic rings. The van der Waals surface area contributed by atoms with E-state index in [1.165, 1.54) is 32.1 Å². The summed E-state index contributed by atoms with van der Waals surface area (Å²) in [4.78, 5) is 18.4. The number of aromatic nitrogens is 1. The van der Waals surface area contributed by atoms with Gasteiger partial charge in [0.25, 0.3) is 5.91 Å². The highest BCUT2D eigenvalue weighted by molar-refractivity contribution is 5.93. The van der Waals surface area contributed by atoms with Gasteiger partial charge in [-0.3, -0.25) is 19.9 Å². The summed E-state index contributed by atoms with van der Waals surface area (Å²) < 4.78 is 0. The van der Waals surface area contributed by atoms with Gasteiger partial charge in [-0.1, -0.05) is 6.42 Å². The minimum Gasteiger partial charge on any atom is -0.294 e. The van der Waals surface area contributed by atoms with Crippen LogP contribution in [0.2, 0.25) is 0 Å². The molecule has 112 valence electrons. The van der Waals surface area contributed by atoms with Crippen molar-refractivity contribution in [3.8, 4) is 0 Å². The third-order valence-electron chi connectivity index (χ3n) is 5.71. The number of rotatable bonds is 2. The van der Waals surface area contributed by atoms with Crippen molar-refractivity contribution in [2.24, 2.45) is 5.41 Å². The third-order valence-corrected chi connectivity index (χ3v) is 5.71. The Kier molecular flexibility index (Phi) is 3.01. The maximum Gasteiger partial charge on any atom is 0.276 e. The van der Waals surface area contributed by atoms with Gasteiger partial charge >= 0.3 is 0 Å². The maximum atomic E-state index is 11.4. The van der Waals surface area contributed by atoms with Crippen molar-refractivity contribution in [2.45, 2.75) is 51.1 Å². The van der Waals surface area contributed by atoms with E-state index in [2.05, 4.69) is 9.88 Å². The second kappa shape index (κ2) is 4.78. The van der Waals surface area contributed by atoms with Crippen LogP contribution in [0.25, 0.3) is 0 Å². The van der Waals surface area contributed by atoms with E-state index >= 15 is 0 Å². The second-order valence-electron chi connectivity index (χ2n) is 6.91. The molecule has 0 bridgehead atoms. The first kappa shape index (κ1) is 13.2. The molecule has 0 atom stereocenters. The lowest BCUT2D eigenvalue weighted by atomic mass is 9.53. The molecule has 1 aliphatic heterocycles. The third kappa shape index (κ3) is 2.15. The minimum atomic E-state index is -0.487. The van der Waals surface area contributed by atoms with E-state index in [0.29, 0.717) is 11.0 Å². The number of carbonyl (C=O) groups excluding carboxylic acids is 1. The van der Waals surface area contributed by atoms with Crippen molar-refractivity contribution in [2.75, 3.05) is 6.54 Å². The highest BCUT2D eigenvalue weighted by Crippen LogP contribution is 2.57. The van der Waals surface area contributed by atoms with Gasteiger partial charge in [-0.25, -0.2) is 5.48 Å². The van der Waals surface area contributed by atoms with Crippen LogP contribution in [0.3, 0.4) is 0 Å². The molecule has 1 aromatic heterocycles. The van der Waals surface area contributed by atoms with Gasteiger partial charge in [0, 0.05) is 25.3 Å². The molecule has 2 aliphatic carbocycles. The first-order valence-electron chi connectivity index (χ1n) is 7.85. The molecule has 5 nitrogen and oxygen atoms in total. The van der Waals surface area contributed by atoms with Crippen LogP contribution < -0.4 is 5.48 Å². The highest BCUT2D eigenvalue weighted by atomic mass is 16.5. The van der Waals surface area contributed by atoms with E-state index in [0.717, 1.165) is 36.8 Å². The van der Waals surface area contributed by atoms with Crippen LogP contribution in [-0.2, 0) is 13.0 Å². The van der Waals surface area contributed by atoms with Gasteiger partial charge < -0.3 is 0 Å². The molecule has 2 N–H and O–H groups in total. The zero-order chi connectivity index (χ0) is 14.4. The van der Waals surface area contributed by atoms with Crippen molar-refractivity contribution in [3.63, 3.8) is 0 Å². The summed E-state index contributed by atoms with van der Waals surface area (Å²) in [6.07, 6.45) is 9.53. The lowest BCUT2D eigenvalue weighted by Gasteiger charge is -2.57. The van der Waals surface area contributed by atoms with Crippen LogP contribution in [0.1, 0.15) is 53.7 Å². The Morgan fingerprint density at radius 2 is 2.24 bits per heavy atom. The fraction of sp³-hybridized carbons (Fsp3) is 0.625. The molecule has 4 rings (SSSR count). The van der Waals surface area contributed by atoms with Crippen molar-refractivity contribution >= 4 is 5.91 Å². The van der Waals surface area contributed by atoms with Gasteiger partial charge in [0.15, 0.2) is 0 Å². The van der Waals surface area contributed by atoms with Crippen LogP contribution in [0.15, 0.2) is 12.3 Å². The average Bonchev–Trinajstić information content (AvgIpc) is 2.43. The van der Waals surface area contributed by atoms with Gasteiger partial charge in [-0.2, -0.15) is 0 Å². The summed E-state index contributed by atoms with van der Waals surface area (Å²) in [5, 5.41) is 8.69. The normalized spacial score (nSPS) is 24.0. The molecule has 1 spiro atoms. The van der Waals surface area contributed by atoms with Crippen LogP contribution in [-0.4, -0.2) is 33.6 Å². The number of nitrogens with zero attached hydrogens (tertiary/aromatic N) is 2. The van der Waals surface area contributed by atoms with Crippen LogP contribution in [0.4, 0.5) is 0 Å². The van der Waals surface area contributed by atoms with Crippen molar-refractivity contribution in [1.82, 2.24) is 15.4 Å². The molecule has 0 saturated heterocycles. The second-order valence-corrected chi connectivity index (χ2v) is 6.91. The summed E-state index contributed by atoms with van der Waals surface area (Å²) in [5.41, 5.74) is 5.04. The quantitative estimate of drug-likeness (QED) is 0.644. The average molecular weight is 287 g/mol. The number of pyridine rings is 1. The summed E-state index contributed by atoms with van der Waals surface area (Å²) >= 11 is 0. The van der Waals surface area contributed by atoms with Gasteiger partial charge in [0.1, 0.15) is 0 Å². The number of hydroxylamine groups is 1. The van der Waals surface area contributed by atoms with Crippen LogP contribution in [0.5, 0.6) is 0 Å². The molecular weight excluding hydrogens is 266 g/mol. The summed E-state index contributed by atoms with van der Waals surface area (Å²) in [6, 6.07) is 2.60. The highest BCUT2D eigenvalue weighted by Gasteiger charge is 2.50. The Bertz CT molecular complexity index is 575. The molecular formula is C16H21N3O2. The fourth-order valence-electron chi connectivity index (χ4n) is 4.22. The molecule has 2 heterocycles. The monoisotopic (exact) mass is 287 g/mol. The van der Waals surface area contributed by atoms with Crippen molar-refractivity contribution in [1.29, 1.82) is 0 Å². The lowest BCUT2D eigenvalue weighted by molar-refractivity contribution is -0.0597. The van der Waals surface area contributed by atoms with Crippen molar-refractivity contribution < 1.29 is 10.0 Å². The Labute approximate surface area is 124 Å². The Hall–Kier alpha value is -1.46. The smallest absolute Gasteiger partial charge is 0.276 e. The van der Waals surface area contributed by atoms with Gasteiger partial charge in [0.2, 0.25) is 0 Å². The number of hydrogen-bond acceptors (Lipinski definition) is 4. The van der Waals surface area contributed by atoms with E-state index in [-0.39, 0.29) is 0 Å². The molecule has 1 amide bonds. The zero-order valence-electron chi connectivity index (χ0n) is 12.1. The van der Waals surface area contributed by atoms with Crippen molar-refractivity contribution in [3.05, 3.63) is 29.1 Å². The van der Waals surface area contributed by atoms with Gasteiger partial charge in [0.05, 0.1) is 11.3 Å². The maximum absolute atomic E-state index is 11.4. The fourth-order valence-corrected chi connectivity index (χ4v) is 4.22. The molecule has 5 heteroatoms. The number of amides is 1. The van der Waals surface area contributed by atoms with Gasteiger partial charge in [-0.15, -0.1) is 0 Å². The molecule has 0 aromatic carbocycles. The number of fused-ring (bicyclic) bond motifs is 1. The first-order valence-corrected chi connectivity index (χ1v) is 7.85. The molecule has 21 heavy (non-hydrogen) atoms. The topological polar surface area (TPSA) is 65.5 Å². The molecule has 2 fully saturated rings. The molecule has 0 radical (unpaired) electrons. The molecule has 0 unspecified atom stereocenters. The van der Waals surface area contributed by atoms with Crippen LogP contribution in [0, 0.1) is 5.41 Å². The predicted octanol–water partition coefficient (Wildman–Crippen LogP) is 1.89. The summed E-state index contributed by atoms with van der Waals surface area (Å²) in [6.45, 7) is 1.96. The van der Waals surface area contributed by atoms with E-state index in [1.54, 1.807) is 11.7 Å². The van der Waals surface area contributed by atoms with E-state index in [1.807, 2.05) is 6.07 Å². The number of carbonyl (C=O) groups is 1. The summed E-state index contributed by atoms with van der Waals surface area (Å²) in [5.74, 6) is -0.487. The van der Waals surface area contributed by atoms with E-state index in [9.17, 15) is 4.79 Å². The Balaban J connectivity index is 1.44. The molecule has 2 saturated carbocycles. The summed E-state index contributed by atoms with van der Waals surface area (Å²) in [7, 11) is 0. The molecule has 1 aromatic rings. The van der Waals surface area contributed by atoms with E-state index in [4.69, 9.17) is 5.21 Å². The Morgan fingerprint density at radius 3 is 2.90 bits per heavy atom. The Morgan fingerprint density at radius 1 is 1.43 bits per heavy atom. The lowest BCUT2D eigenvalue weighted by Crippen LogP contribution is -2.54. The first-order chi connectivity index (χ1) is 10.2. The van der Waals surface area contributed by atoms with Gasteiger partial charge in [-0.05, 0) is 49.1 Å². The standard InChI is InChI=1S/C16H21N3O2/c20-15(18-21)12-6-11-2-5-19(10-14(11)17-9-12)13-7-16(8-13)3-1-4-16/h6,9,13,21H,1-5,7-8,10H2,(H,18,20). The zero-order valence-corrected chi connectivity index (χ0v) is 12.1. The minimum absolute atomic E-state index is 0.432. The van der Waals surface area contributed by atoms with Crippen LogP contribution >= 0.6 is 0 Å². The number of nitrogens with one attached hydrogen (secondary N) is 1. The van der Waals surface area contributed by atoms with E-state index < -0.39 is 5.91 Å². The SMILES string of the molecule is O=C(NO)c1cnc2c(c1)CCN(C1CC3(CCC3)C1)C2. The predicted molar refractivity (Wildman–Crippen MR) is 76.9 cm³/mol. The number of hydrogen-bond donors (Lipinski definition) is 2. The largest absolute Gasteiger partial charge is 0.294 e.